The summed E-state index contributed by atoms with van der Waals surface area (Å²) in [5, 5.41) is 2.62. The van der Waals surface area contributed by atoms with E-state index in [1.54, 1.807) is 14.2 Å². The summed E-state index contributed by atoms with van der Waals surface area (Å²) in [4.78, 5) is 17.6. The highest BCUT2D eigenvalue weighted by Gasteiger charge is 2.26. The van der Waals surface area contributed by atoms with Gasteiger partial charge in [-0.05, 0) is 25.0 Å². The first kappa shape index (κ1) is 18.6. The number of carbonyl (C=O) groups excluding carboxylic acids is 1. The second kappa shape index (κ2) is 8.41. The molecule has 134 valence electrons. The third-order valence-corrected chi connectivity index (χ3v) is 5.78. The van der Waals surface area contributed by atoms with Gasteiger partial charge < -0.3 is 9.64 Å². The van der Waals surface area contributed by atoms with Crippen molar-refractivity contribution >= 4 is 21.9 Å². The zero-order valence-electron chi connectivity index (χ0n) is 14.1. The summed E-state index contributed by atoms with van der Waals surface area (Å²) in [6, 6.07) is 2.65. The van der Waals surface area contributed by atoms with Gasteiger partial charge in [-0.2, -0.15) is 4.31 Å². The highest BCUT2D eigenvalue weighted by molar-refractivity contribution is 7.89. The smallest absolute Gasteiger partial charge is 0.322 e. The van der Waals surface area contributed by atoms with Crippen molar-refractivity contribution in [2.45, 2.75) is 24.2 Å². The van der Waals surface area contributed by atoms with Crippen molar-refractivity contribution in [3.8, 4) is 0 Å². The van der Waals surface area contributed by atoms with E-state index in [1.165, 1.54) is 27.5 Å². The predicted molar refractivity (Wildman–Crippen MR) is 90.4 cm³/mol. The summed E-state index contributed by atoms with van der Waals surface area (Å²) in [6.45, 7) is 1.98. The van der Waals surface area contributed by atoms with E-state index in [-0.39, 0.29) is 10.9 Å². The highest BCUT2D eigenvalue weighted by Crippen LogP contribution is 2.20. The molecule has 0 bridgehead atoms. The molecule has 1 N–H and O–H groups in total. The lowest BCUT2D eigenvalue weighted by molar-refractivity contribution is 0.165. The molecule has 1 aliphatic rings. The molecule has 1 aromatic rings. The van der Waals surface area contributed by atoms with Crippen LogP contribution in [0.15, 0.2) is 23.2 Å². The van der Waals surface area contributed by atoms with Gasteiger partial charge in [-0.1, -0.05) is 6.42 Å². The SMILES string of the molecule is COCCN(C)C(=O)Nc1ccc(S(=O)(=O)N2CCCCC2)cn1. The maximum absolute atomic E-state index is 12.5. The number of aromatic nitrogens is 1. The van der Waals surface area contributed by atoms with Crippen LogP contribution < -0.4 is 5.32 Å². The summed E-state index contributed by atoms with van der Waals surface area (Å²) >= 11 is 0. The molecule has 0 aliphatic carbocycles. The van der Waals surface area contributed by atoms with Gasteiger partial charge in [-0.3, -0.25) is 5.32 Å². The third kappa shape index (κ3) is 4.65. The number of urea groups is 1. The highest BCUT2D eigenvalue weighted by atomic mass is 32.2. The average molecular weight is 356 g/mol. The van der Waals surface area contributed by atoms with Crippen molar-refractivity contribution < 1.29 is 17.9 Å². The Morgan fingerprint density at radius 2 is 2.04 bits per heavy atom. The summed E-state index contributed by atoms with van der Waals surface area (Å²) in [5.41, 5.74) is 0. The Morgan fingerprint density at radius 1 is 1.33 bits per heavy atom. The van der Waals surface area contributed by atoms with Crippen LogP contribution in [-0.2, 0) is 14.8 Å². The van der Waals surface area contributed by atoms with Gasteiger partial charge in [-0.15, -0.1) is 0 Å². The molecule has 1 saturated heterocycles. The zero-order chi connectivity index (χ0) is 17.6. The molecule has 1 aliphatic heterocycles. The van der Waals surface area contributed by atoms with Crippen molar-refractivity contribution in [1.29, 1.82) is 0 Å². The molecule has 9 heteroatoms. The fraction of sp³-hybridized carbons (Fsp3) is 0.600. The van der Waals surface area contributed by atoms with E-state index in [0.29, 0.717) is 32.1 Å². The molecular formula is C15H24N4O4S. The summed E-state index contributed by atoms with van der Waals surface area (Å²) in [6.07, 6.45) is 4.11. The van der Waals surface area contributed by atoms with Gasteiger partial charge in [0.1, 0.15) is 10.7 Å². The summed E-state index contributed by atoms with van der Waals surface area (Å²) < 4.78 is 31.5. The van der Waals surface area contributed by atoms with E-state index >= 15 is 0 Å². The van der Waals surface area contributed by atoms with Crippen molar-refractivity contribution in [1.82, 2.24) is 14.2 Å². The van der Waals surface area contributed by atoms with Crippen LogP contribution in [0.4, 0.5) is 10.6 Å². The number of rotatable bonds is 6. The Labute approximate surface area is 142 Å². The molecule has 2 heterocycles. The molecule has 2 rings (SSSR count). The van der Waals surface area contributed by atoms with E-state index in [0.717, 1.165) is 19.3 Å². The Kier molecular flexibility index (Phi) is 6.52. The molecule has 1 aromatic heterocycles. The molecular weight excluding hydrogens is 332 g/mol. The number of ether oxygens (including phenoxy) is 1. The Balaban J connectivity index is 2.01. The van der Waals surface area contributed by atoms with E-state index in [1.807, 2.05) is 0 Å². The normalized spacial score (nSPS) is 15.9. The Hall–Kier alpha value is -1.71. The van der Waals surface area contributed by atoms with Gasteiger partial charge in [0.05, 0.1) is 6.61 Å². The lowest BCUT2D eigenvalue weighted by Gasteiger charge is -2.25. The largest absolute Gasteiger partial charge is 0.383 e. The molecule has 1 fully saturated rings. The number of anilines is 1. The quantitative estimate of drug-likeness (QED) is 0.831. The minimum absolute atomic E-state index is 0.148. The topological polar surface area (TPSA) is 91.8 Å². The number of carbonyl (C=O) groups is 1. The lowest BCUT2D eigenvalue weighted by Crippen LogP contribution is -2.35. The predicted octanol–water partition coefficient (Wildman–Crippen LogP) is 1.37. The van der Waals surface area contributed by atoms with E-state index < -0.39 is 10.0 Å². The number of pyridine rings is 1. The van der Waals surface area contributed by atoms with Gasteiger partial charge in [0.15, 0.2) is 0 Å². The third-order valence-electron chi connectivity index (χ3n) is 3.90. The number of methoxy groups -OCH3 is 1. The molecule has 24 heavy (non-hydrogen) atoms. The number of sulfonamides is 1. The number of amides is 2. The van der Waals surface area contributed by atoms with E-state index in [9.17, 15) is 13.2 Å². The molecule has 0 radical (unpaired) electrons. The average Bonchev–Trinajstić information content (AvgIpc) is 2.60. The molecule has 0 aromatic carbocycles. The van der Waals surface area contributed by atoms with Crippen molar-refractivity contribution in [3.63, 3.8) is 0 Å². The number of hydrogen-bond acceptors (Lipinski definition) is 5. The molecule has 0 saturated carbocycles. The van der Waals surface area contributed by atoms with Crippen LogP contribution in [0.25, 0.3) is 0 Å². The Bertz CT molecular complexity index is 642. The van der Waals surface area contributed by atoms with Crippen molar-refractivity contribution in [3.05, 3.63) is 18.3 Å². The first-order valence-corrected chi connectivity index (χ1v) is 9.36. The number of likely N-dealkylation sites (N-methyl/N-ethyl adjacent to an activating group) is 1. The summed E-state index contributed by atoms with van der Waals surface area (Å²) in [7, 11) is -0.298. The van der Waals surface area contributed by atoms with Crippen LogP contribution >= 0.6 is 0 Å². The van der Waals surface area contributed by atoms with Crippen molar-refractivity contribution in [2.75, 3.05) is 45.7 Å². The van der Waals surface area contributed by atoms with Crippen LogP contribution in [-0.4, -0.2) is 69.0 Å². The van der Waals surface area contributed by atoms with Crippen LogP contribution in [0, 0.1) is 0 Å². The number of piperidine rings is 1. The van der Waals surface area contributed by atoms with Crippen LogP contribution in [0.3, 0.4) is 0 Å². The number of hydrogen-bond donors (Lipinski definition) is 1. The first-order valence-electron chi connectivity index (χ1n) is 7.92. The molecule has 8 nitrogen and oxygen atoms in total. The zero-order valence-corrected chi connectivity index (χ0v) is 14.9. The molecule has 0 atom stereocenters. The fourth-order valence-electron chi connectivity index (χ4n) is 2.40. The minimum atomic E-state index is -3.50. The van der Waals surface area contributed by atoms with Gasteiger partial charge in [0.25, 0.3) is 0 Å². The van der Waals surface area contributed by atoms with Crippen LogP contribution in [0.2, 0.25) is 0 Å². The second-order valence-corrected chi connectivity index (χ2v) is 7.63. The number of nitrogens with one attached hydrogen (secondary N) is 1. The maximum Gasteiger partial charge on any atom is 0.322 e. The first-order chi connectivity index (χ1) is 11.4. The molecule has 0 unspecified atom stereocenters. The van der Waals surface area contributed by atoms with Gasteiger partial charge in [-0.25, -0.2) is 18.2 Å². The lowest BCUT2D eigenvalue weighted by atomic mass is 10.2. The van der Waals surface area contributed by atoms with E-state index in [4.69, 9.17) is 4.74 Å². The minimum Gasteiger partial charge on any atom is -0.383 e. The molecule has 2 amide bonds. The monoisotopic (exact) mass is 356 g/mol. The van der Waals surface area contributed by atoms with Gasteiger partial charge >= 0.3 is 6.03 Å². The maximum atomic E-state index is 12.5. The Morgan fingerprint density at radius 3 is 2.62 bits per heavy atom. The fourth-order valence-corrected chi connectivity index (χ4v) is 3.86. The van der Waals surface area contributed by atoms with Gasteiger partial charge in [0, 0.05) is 40.0 Å². The van der Waals surface area contributed by atoms with E-state index in [2.05, 4.69) is 10.3 Å². The van der Waals surface area contributed by atoms with Crippen LogP contribution in [0.1, 0.15) is 19.3 Å². The second-order valence-electron chi connectivity index (χ2n) is 5.69. The number of nitrogens with zero attached hydrogens (tertiary/aromatic N) is 3. The molecule has 0 spiro atoms. The standard InChI is InChI=1S/C15H24N4O4S/c1-18(10-11-23-2)15(20)17-14-7-6-13(12-16-14)24(21,22)19-8-4-3-5-9-19/h6-7,12H,3-5,8-11H2,1-2H3,(H,16,17,20). The van der Waals surface area contributed by atoms with Crippen LogP contribution in [0.5, 0.6) is 0 Å². The summed E-state index contributed by atoms with van der Waals surface area (Å²) in [5.74, 6) is 0.307. The van der Waals surface area contributed by atoms with Crippen molar-refractivity contribution in [2.24, 2.45) is 0 Å². The van der Waals surface area contributed by atoms with Gasteiger partial charge in [0.2, 0.25) is 10.0 Å².